The minimum absolute atomic E-state index is 0.0133. The van der Waals surface area contributed by atoms with E-state index in [-0.39, 0.29) is 63.2 Å². The Balaban J connectivity index is 2.43. The van der Waals surface area contributed by atoms with Crippen molar-refractivity contribution < 1.29 is 13.7 Å². The van der Waals surface area contributed by atoms with Crippen LogP contribution in [0.1, 0.15) is 13.7 Å². The highest BCUT2D eigenvalue weighted by Gasteiger charge is 2.01. The van der Waals surface area contributed by atoms with Crippen molar-refractivity contribution >= 4 is 32.3 Å². The second-order valence-electron chi connectivity index (χ2n) is 3.93. The van der Waals surface area contributed by atoms with Crippen LogP contribution in [0.5, 0.6) is 0 Å². The predicted octanol–water partition coefficient (Wildman–Crippen LogP) is 5.15. The Bertz CT molecular complexity index is 1360. The van der Waals surface area contributed by atoms with Crippen LogP contribution in [-0.2, 0) is 0 Å². The number of benzene rings is 4. The van der Waals surface area contributed by atoms with Gasteiger partial charge in [0, 0.05) is 0 Å². The van der Waals surface area contributed by atoms with Crippen LogP contribution in [-0.4, -0.2) is 0 Å². The lowest BCUT2D eigenvalue weighted by molar-refractivity contribution is 1.77. The van der Waals surface area contributed by atoms with Gasteiger partial charge < -0.3 is 0 Å². The van der Waals surface area contributed by atoms with Crippen LogP contribution < -0.4 is 0 Å². The van der Waals surface area contributed by atoms with Gasteiger partial charge in [0.25, 0.3) is 0 Å². The standard InChI is InChI=1S/C18H12/c1-2-7-15-12-18-16(11-14(15)6-1)10-9-13-5-3-4-8-17(13)18/h1-12H/i1D,2D,3D,4D,5D,6D,8D,9D,10D,11D. The molecular formula is C18H12. The Morgan fingerprint density at radius 3 is 2.39 bits per heavy atom. The quantitative estimate of drug-likeness (QED) is 0.294. The van der Waals surface area contributed by atoms with Crippen LogP contribution in [0, 0.1) is 0 Å². The fourth-order valence-corrected chi connectivity index (χ4v) is 2.02. The van der Waals surface area contributed by atoms with Crippen molar-refractivity contribution in [3.05, 3.63) is 72.6 Å². The Morgan fingerprint density at radius 2 is 1.39 bits per heavy atom. The molecule has 84 valence electrons. The van der Waals surface area contributed by atoms with Gasteiger partial charge in [0.1, 0.15) is 0 Å². The Hall–Kier alpha value is -2.34. The van der Waals surface area contributed by atoms with Crippen LogP contribution in [0.4, 0.5) is 0 Å². The summed E-state index contributed by atoms with van der Waals surface area (Å²) in [6, 6.07) is -0.919. The van der Waals surface area contributed by atoms with Crippen LogP contribution in [0.3, 0.4) is 0 Å². The fraction of sp³-hybridized carbons (Fsp3) is 0. The molecule has 0 aliphatic heterocycles. The van der Waals surface area contributed by atoms with Gasteiger partial charge in [0.15, 0.2) is 0 Å². The summed E-state index contributed by atoms with van der Waals surface area (Å²) in [5.74, 6) is 0. The minimum Gasteiger partial charge on any atom is -0.0616 e. The summed E-state index contributed by atoms with van der Waals surface area (Å²) in [4.78, 5) is 0. The zero-order chi connectivity index (χ0) is 20.7. The van der Waals surface area contributed by atoms with Crippen molar-refractivity contribution in [1.29, 1.82) is 0 Å². The smallest absolute Gasteiger partial charge is 0.0616 e. The average Bonchev–Trinajstić information content (AvgIpc) is 2.65. The van der Waals surface area contributed by atoms with Crippen molar-refractivity contribution in [1.82, 2.24) is 0 Å². The molecule has 0 saturated heterocycles. The first-order valence-electron chi connectivity index (χ1n) is 10.4. The van der Waals surface area contributed by atoms with E-state index in [0.29, 0.717) is 5.39 Å². The van der Waals surface area contributed by atoms with E-state index in [4.69, 9.17) is 13.7 Å². The lowest BCUT2D eigenvalue weighted by Crippen LogP contribution is -1.79. The topological polar surface area (TPSA) is 0 Å². The molecule has 4 rings (SSSR count). The van der Waals surface area contributed by atoms with Gasteiger partial charge >= 0.3 is 0 Å². The van der Waals surface area contributed by atoms with Crippen LogP contribution in [0.15, 0.2) is 72.6 Å². The molecule has 0 aliphatic carbocycles. The van der Waals surface area contributed by atoms with Gasteiger partial charge in [-0.25, -0.2) is 0 Å². The molecule has 0 heterocycles. The lowest BCUT2D eigenvalue weighted by Gasteiger charge is -2.06. The Morgan fingerprint density at radius 1 is 0.611 bits per heavy atom. The molecule has 0 atom stereocenters. The number of rotatable bonds is 0. The highest BCUT2D eigenvalue weighted by molar-refractivity contribution is 6.11. The van der Waals surface area contributed by atoms with E-state index in [1.54, 1.807) is 0 Å². The molecule has 0 N–H and O–H groups in total. The average molecular weight is 238 g/mol. The fourth-order valence-electron chi connectivity index (χ4n) is 2.02. The van der Waals surface area contributed by atoms with Gasteiger partial charge in [0.2, 0.25) is 0 Å². The molecule has 0 spiro atoms. The summed E-state index contributed by atoms with van der Waals surface area (Å²) in [5.41, 5.74) is 0. The zero-order valence-electron chi connectivity index (χ0n) is 19.2. The van der Waals surface area contributed by atoms with Crippen LogP contribution in [0.2, 0.25) is 0 Å². The third-order valence-corrected chi connectivity index (χ3v) is 2.86. The number of fused-ring (bicyclic) bond motifs is 4. The third-order valence-electron chi connectivity index (χ3n) is 2.86. The van der Waals surface area contributed by atoms with Gasteiger partial charge in [-0.05, 0) is 44.4 Å². The van der Waals surface area contributed by atoms with Crippen molar-refractivity contribution in [2.75, 3.05) is 0 Å². The van der Waals surface area contributed by atoms with Gasteiger partial charge in [0.05, 0.1) is 13.7 Å². The Kier molecular flexibility index (Phi) is 0.814. The minimum atomic E-state index is -0.502. The lowest BCUT2D eigenvalue weighted by atomic mass is 9.98. The van der Waals surface area contributed by atoms with E-state index >= 15 is 0 Å². The van der Waals surface area contributed by atoms with E-state index in [0.717, 1.165) is 0 Å². The van der Waals surface area contributed by atoms with Crippen molar-refractivity contribution in [2.24, 2.45) is 0 Å². The summed E-state index contributed by atoms with van der Waals surface area (Å²) in [7, 11) is 0. The maximum absolute atomic E-state index is 8.51. The molecule has 0 radical (unpaired) electrons. The Labute approximate surface area is 120 Å². The van der Waals surface area contributed by atoms with Gasteiger partial charge in [-0.1, -0.05) is 60.4 Å². The SMILES string of the molecule is [2H]c1cc2cc3c(c([2H])c([2H])c4c([2H])c([2H])c([2H])c([2H])c43)c([2H])c2c([2H])c1[2H]. The summed E-state index contributed by atoms with van der Waals surface area (Å²) in [5, 5.41) is 0.482. The third kappa shape index (κ3) is 1.32. The second-order valence-corrected chi connectivity index (χ2v) is 3.93. The van der Waals surface area contributed by atoms with Crippen LogP contribution >= 0.6 is 0 Å². The van der Waals surface area contributed by atoms with Gasteiger partial charge in [-0.15, -0.1) is 0 Å². The molecule has 0 saturated carbocycles. The molecule has 0 aliphatic rings. The molecule has 0 bridgehead atoms. The maximum Gasteiger partial charge on any atom is 0.0636 e. The highest BCUT2D eigenvalue weighted by Crippen LogP contribution is 2.29. The molecule has 4 aromatic carbocycles. The van der Waals surface area contributed by atoms with E-state index in [1.165, 1.54) is 12.1 Å². The summed E-state index contributed by atoms with van der Waals surface area (Å²) in [6.07, 6.45) is 0. The first kappa shape index (κ1) is 4.10. The molecular weight excluding hydrogens is 216 g/mol. The molecule has 0 unspecified atom stereocenters. The van der Waals surface area contributed by atoms with E-state index in [1.807, 2.05) is 0 Å². The first-order chi connectivity index (χ1) is 13.1. The molecule has 4 aromatic rings. The normalized spacial score (nSPS) is 19.1. The largest absolute Gasteiger partial charge is 0.0636 e. The second kappa shape index (κ2) is 3.58. The van der Waals surface area contributed by atoms with Crippen molar-refractivity contribution in [2.45, 2.75) is 0 Å². The molecule has 0 aromatic heterocycles. The molecule has 0 amide bonds. The predicted molar refractivity (Wildman–Crippen MR) is 79.0 cm³/mol. The summed E-state index contributed by atoms with van der Waals surface area (Å²) in [6.45, 7) is 0. The molecule has 0 fully saturated rings. The first-order valence-corrected chi connectivity index (χ1v) is 5.40. The van der Waals surface area contributed by atoms with Crippen molar-refractivity contribution in [3.63, 3.8) is 0 Å². The zero-order valence-corrected chi connectivity index (χ0v) is 9.15. The van der Waals surface area contributed by atoms with Gasteiger partial charge in [-0.2, -0.15) is 0 Å². The molecule has 0 heteroatoms. The van der Waals surface area contributed by atoms with Crippen LogP contribution in [0.25, 0.3) is 32.3 Å². The van der Waals surface area contributed by atoms with E-state index < -0.39 is 24.2 Å². The van der Waals surface area contributed by atoms with E-state index in [2.05, 4.69) is 0 Å². The summed E-state index contributed by atoms with van der Waals surface area (Å²) < 4.78 is 81.1. The monoisotopic (exact) mass is 238 g/mol. The maximum atomic E-state index is 8.51. The molecule has 18 heavy (non-hydrogen) atoms. The van der Waals surface area contributed by atoms with Crippen molar-refractivity contribution in [3.8, 4) is 0 Å². The van der Waals surface area contributed by atoms with Gasteiger partial charge in [-0.3, -0.25) is 0 Å². The highest BCUT2D eigenvalue weighted by atomic mass is 14.1. The summed E-state index contributed by atoms with van der Waals surface area (Å²) >= 11 is 0. The number of hydrogen-bond donors (Lipinski definition) is 0. The molecule has 0 nitrogen and oxygen atoms in total. The number of hydrogen-bond acceptors (Lipinski definition) is 0. The van der Waals surface area contributed by atoms with E-state index in [9.17, 15) is 0 Å².